The fraction of sp³-hybridized carbons (Fsp3) is 0.733. The Morgan fingerprint density at radius 3 is 1.35 bits per heavy atom. The summed E-state index contributed by atoms with van der Waals surface area (Å²) in [5, 5.41) is 0. The number of esters is 4. The first kappa shape index (κ1) is 20.9. The third-order valence-electron chi connectivity index (χ3n) is 2.63. The van der Waals surface area contributed by atoms with Crippen LogP contribution in [0.2, 0.25) is 0 Å². The van der Waals surface area contributed by atoms with Crippen molar-refractivity contribution in [2.24, 2.45) is 0 Å². The van der Waals surface area contributed by atoms with E-state index in [4.69, 9.17) is 9.47 Å². The smallest absolute Gasteiger partial charge is 0.347 e. The second-order valence-corrected chi connectivity index (χ2v) is 4.90. The summed E-state index contributed by atoms with van der Waals surface area (Å²) in [6.07, 6.45) is 0.0303. The Kier molecular flexibility index (Phi) is 10.4. The van der Waals surface area contributed by atoms with Crippen molar-refractivity contribution in [1.82, 2.24) is 0 Å². The molecule has 0 aliphatic carbocycles. The molecule has 0 saturated carbocycles. The third-order valence-corrected chi connectivity index (χ3v) is 2.63. The van der Waals surface area contributed by atoms with Crippen molar-refractivity contribution in [3.8, 4) is 0 Å². The van der Waals surface area contributed by atoms with Gasteiger partial charge in [0.25, 0.3) is 0 Å². The van der Waals surface area contributed by atoms with Crippen molar-refractivity contribution in [2.75, 3.05) is 13.2 Å². The number of hydrogen-bond acceptors (Lipinski definition) is 8. The molecule has 2 unspecified atom stereocenters. The summed E-state index contributed by atoms with van der Waals surface area (Å²) in [5.41, 5.74) is 0. The lowest BCUT2D eigenvalue weighted by Gasteiger charge is -2.12. The lowest BCUT2D eigenvalue weighted by atomic mass is 10.2. The van der Waals surface area contributed by atoms with Crippen molar-refractivity contribution < 1.29 is 38.1 Å². The highest BCUT2D eigenvalue weighted by Gasteiger charge is 2.18. The molecule has 0 rings (SSSR count). The van der Waals surface area contributed by atoms with E-state index in [0.717, 1.165) is 0 Å². The molecule has 0 aromatic carbocycles. The van der Waals surface area contributed by atoms with Gasteiger partial charge in [0.05, 0.1) is 13.2 Å². The molecule has 0 bridgehead atoms. The molecule has 0 aliphatic rings. The van der Waals surface area contributed by atoms with Crippen molar-refractivity contribution >= 4 is 23.9 Å². The van der Waals surface area contributed by atoms with E-state index >= 15 is 0 Å². The first-order valence-corrected chi connectivity index (χ1v) is 7.41. The van der Waals surface area contributed by atoms with Gasteiger partial charge in [0, 0.05) is 13.8 Å². The molecule has 8 heteroatoms. The van der Waals surface area contributed by atoms with Gasteiger partial charge in [0.15, 0.2) is 12.2 Å². The fourth-order valence-corrected chi connectivity index (χ4v) is 1.56. The van der Waals surface area contributed by atoms with E-state index in [1.807, 2.05) is 0 Å². The predicted molar refractivity (Wildman–Crippen MR) is 78.2 cm³/mol. The van der Waals surface area contributed by atoms with E-state index < -0.39 is 36.1 Å². The maximum atomic E-state index is 11.4. The van der Waals surface area contributed by atoms with Crippen molar-refractivity contribution in [2.45, 2.75) is 59.2 Å². The first-order valence-electron chi connectivity index (χ1n) is 7.41. The number of carbonyl (C=O) groups excluding carboxylic acids is 4. The molecule has 0 aromatic heterocycles. The van der Waals surface area contributed by atoms with Gasteiger partial charge in [-0.15, -0.1) is 0 Å². The van der Waals surface area contributed by atoms with Gasteiger partial charge in [-0.2, -0.15) is 0 Å². The Bertz CT molecular complexity index is 380. The Morgan fingerprint density at radius 1 is 0.696 bits per heavy atom. The molecular formula is C15H24O8. The number of rotatable bonds is 10. The fourth-order valence-electron chi connectivity index (χ4n) is 1.56. The minimum absolute atomic E-state index is 0.197. The summed E-state index contributed by atoms with van der Waals surface area (Å²) < 4.78 is 19.2. The lowest BCUT2D eigenvalue weighted by molar-refractivity contribution is -0.165. The molecule has 132 valence electrons. The standard InChI is InChI=1S/C15H24O8/c1-10(22-12(3)16)14(18)20-8-6-5-7-9-21-15(19)11(2)23-13(4)17/h10-11H,5-9H2,1-4H3. The van der Waals surface area contributed by atoms with Crippen LogP contribution in [0.25, 0.3) is 0 Å². The molecule has 2 atom stereocenters. The van der Waals surface area contributed by atoms with Crippen LogP contribution in [0.4, 0.5) is 0 Å². The minimum atomic E-state index is -0.920. The second kappa shape index (κ2) is 11.4. The van der Waals surface area contributed by atoms with Crippen molar-refractivity contribution in [3.05, 3.63) is 0 Å². The van der Waals surface area contributed by atoms with E-state index in [-0.39, 0.29) is 13.2 Å². The van der Waals surface area contributed by atoms with Gasteiger partial charge in [-0.3, -0.25) is 9.59 Å². The summed E-state index contributed by atoms with van der Waals surface area (Å²) in [5.74, 6) is -2.28. The molecule has 0 saturated heterocycles. The van der Waals surface area contributed by atoms with Crippen LogP contribution in [0.15, 0.2) is 0 Å². The van der Waals surface area contributed by atoms with Crippen molar-refractivity contribution in [3.63, 3.8) is 0 Å². The van der Waals surface area contributed by atoms with E-state index in [0.29, 0.717) is 19.3 Å². The third kappa shape index (κ3) is 11.1. The Morgan fingerprint density at radius 2 is 1.04 bits per heavy atom. The van der Waals surface area contributed by atoms with Crippen LogP contribution in [0.1, 0.15) is 47.0 Å². The summed E-state index contributed by atoms with van der Waals surface area (Å²) in [6, 6.07) is 0. The van der Waals surface area contributed by atoms with E-state index in [2.05, 4.69) is 9.47 Å². The maximum absolute atomic E-state index is 11.4. The minimum Gasteiger partial charge on any atom is -0.463 e. The summed E-state index contributed by atoms with van der Waals surface area (Å²) >= 11 is 0. The highest BCUT2D eigenvalue weighted by molar-refractivity contribution is 5.78. The van der Waals surface area contributed by atoms with E-state index in [1.54, 1.807) is 0 Å². The van der Waals surface area contributed by atoms with Gasteiger partial charge in [0.2, 0.25) is 0 Å². The molecule has 8 nitrogen and oxygen atoms in total. The average Bonchev–Trinajstić information content (AvgIpc) is 2.44. The van der Waals surface area contributed by atoms with Crippen LogP contribution >= 0.6 is 0 Å². The van der Waals surface area contributed by atoms with Gasteiger partial charge in [-0.25, -0.2) is 9.59 Å². The number of unbranched alkanes of at least 4 members (excludes halogenated alkanes) is 2. The highest BCUT2D eigenvalue weighted by atomic mass is 16.6. The zero-order valence-electron chi connectivity index (χ0n) is 14.0. The number of ether oxygens (including phenoxy) is 4. The summed E-state index contributed by atoms with van der Waals surface area (Å²) in [6.45, 7) is 5.70. The van der Waals surface area contributed by atoms with E-state index in [1.165, 1.54) is 27.7 Å². The molecule has 0 fully saturated rings. The van der Waals surface area contributed by atoms with Crippen LogP contribution in [0.5, 0.6) is 0 Å². The van der Waals surface area contributed by atoms with Crippen LogP contribution in [-0.4, -0.2) is 49.3 Å². The van der Waals surface area contributed by atoms with E-state index in [9.17, 15) is 19.2 Å². The summed E-state index contributed by atoms with van der Waals surface area (Å²) in [7, 11) is 0. The SMILES string of the molecule is CC(=O)OC(C)C(=O)OCCCCCOC(=O)C(C)OC(C)=O. The van der Waals surface area contributed by atoms with Crippen molar-refractivity contribution in [1.29, 1.82) is 0 Å². The topological polar surface area (TPSA) is 105 Å². The zero-order valence-corrected chi connectivity index (χ0v) is 14.0. The summed E-state index contributed by atoms with van der Waals surface area (Å²) in [4.78, 5) is 44.2. The molecule has 0 heterocycles. The van der Waals surface area contributed by atoms with Gasteiger partial charge >= 0.3 is 23.9 Å². The molecule has 0 radical (unpaired) electrons. The molecule has 0 aliphatic heterocycles. The molecule has 0 spiro atoms. The Labute approximate surface area is 135 Å². The second-order valence-electron chi connectivity index (χ2n) is 4.90. The molecule has 0 amide bonds. The van der Waals surface area contributed by atoms with Gasteiger partial charge in [-0.1, -0.05) is 0 Å². The zero-order chi connectivity index (χ0) is 17.8. The van der Waals surface area contributed by atoms with Gasteiger partial charge < -0.3 is 18.9 Å². The average molecular weight is 332 g/mol. The van der Waals surface area contributed by atoms with Crippen LogP contribution < -0.4 is 0 Å². The van der Waals surface area contributed by atoms with Gasteiger partial charge in [-0.05, 0) is 33.1 Å². The molecule has 0 aromatic rings. The largest absolute Gasteiger partial charge is 0.463 e. The highest BCUT2D eigenvalue weighted by Crippen LogP contribution is 2.02. The number of hydrogen-bond donors (Lipinski definition) is 0. The van der Waals surface area contributed by atoms with Crippen LogP contribution in [-0.2, 0) is 38.1 Å². The quantitative estimate of drug-likeness (QED) is 0.333. The Balaban J connectivity index is 3.63. The van der Waals surface area contributed by atoms with Crippen LogP contribution in [0, 0.1) is 0 Å². The molecule has 0 N–H and O–H groups in total. The van der Waals surface area contributed by atoms with Crippen LogP contribution in [0.3, 0.4) is 0 Å². The molecular weight excluding hydrogens is 308 g/mol. The lowest BCUT2D eigenvalue weighted by Crippen LogP contribution is -2.26. The normalized spacial score (nSPS) is 12.7. The first-order chi connectivity index (χ1) is 10.7. The monoisotopic (exact) mass is 332 g/mol. The maximum Gasteiger partial charge on any atom is 0.347 e. The predicted octanol–water partition coefficient (Wildman–Crippen LogP) is 1.15. The molecule has 23 heavy (non-hydrogen) atoms. The Hall–Kier alpha value is -2.12. The van der Waals surface area contributed by atoms with Gasteiger partial charge in [0.1, 0.15) is 0 Å². The number of carbonyl (C=O) groups is 4.